The summed E-state index contributed by atoms with van der Waals surface area (Å²) in [6, 6.07) is 0.937. The van der Waals surface area contributed by atoms with Crippen LogP contribution in [0.4, 0.5) is 8.78 Å². The number of halogens is 2. The molecule has 4 aliphatic rings. The minimum absolute atomic E-state index is 0.109. The quantitative estimate of drug-likeness (QED) is 0.692. The number of aliphatic hydroxyl groups is 1. The molecule has 1 aromatic carbocycles. The molecule has 2 unspecified atom stereocenters. The average Bonchev–Trinajstić information content (AvgIpc) is 3.25. The van der Waals surface area contributed by atoms with E-state index in [2.05, 4.69) is 15.2 Å². The van der Waals surface area contributed by atoms with Gasteiger partial charge in [-0.15, -0.1) is 5.10 Å². The van der Waals surface area contributed by atoms with E-state index in [-0.39, 0.29) is 41.3 Å². The number of hydrogen-bond acceptors (Lipinski definition) is 6. The second-order valence-corrected chi connectivity index (χ2v) is 8.47. The number of nitrogens with zero attached hydrogens (tertiary/aromatic N) is 5. The van der Waals surface area contributed by atoms with Gasteiger partial charge in [0.1, 0.15) is 23.4 Å². The van der Waals surface area contributed by atoms with Gasteiger partial charge in [0.15, 0.2) is 0 Å². The summed E-state index contributed by atoms with van der Waals surface area (Å²) in [6.45, 7) is 0.492. The van der Waals surface area contributed by atoms with Gasteiger partial charge in [-0.3, -0.25) is 14.6 Å². The molecule has 8 nitrogen and oxygen atoms in total. The molecular formula is C21H21F2N5O3. The Morgan fingerprint density at radius 2 is 2.06 bits per heavy atom. The van der Waals surface area contributed by atoms with Crippen molar-refractivity contribution in [2.24, 2.45) is 21.1 Å². The molecule has 31 heavy (non-hydrogen) atoms. The number of likely N-dealkylation sites (tertiary alicyclic amines) is 1. The van der Waals surface area contributed by atoms with Gasteiger partial charge in [0, 0.05) is 37.8 Å². The maximum Gasteiger partial charge on any atom is 0.271 e. The molecule has 3 aliphatic heterocycles. The fraction of sp³-hybridized carbons (Fsp3) is 0.476. The summed E-state index contributed by atoms with van der Waals surface area (Å²) in [5, 5.41) is 18.1. The summed E-state index contributed by atoms with van der Waals surface area (Å²) < 4.78 is 27.5. The van der Waals surface area contributed by atoms with E-state index in [4.69, 9.17) is 0 Å². The highest BCUT2D eigenvalue weighted by Gasteiger charge is 2.50. The summed E-state index contributed by atoms with van der Waals surface area (Å²) in [6.07, 6.45) is 3.34. The smallest absolute Gasteiger partial charge is 0.271 e. The third-order valence-electron chi connectivity index (χ3n) is 6.66. The van der Waals surface area contributed by atoms with Crippen LogP contribution in [-0.2, 0) is 9.59 Å². The van der Waals surface area contributed by atoms with Crippen LogP contribution in [0.15, 0.2) is 27.3 Å². The Morgan fingerprint density at radius 3 is 2.77 bits per heavy atom. The zero-order valence-corrected chi connectivity index (χ0v) is 16.9. The number of likely N-dealkylation sites (N-methyl/N-ethyl adjacent to an activating group) is 1. The van der Waals surface area contributed by atoms with Crippen LogP contribution in [0.5, 0.6) is 0 Å². The maximum atomic E-state index is 14.0. The molecule has 10 heteroatoms. The van der Waals surface area contributed by atoms with Crippen LogP contribution >= 0.6 is 0 Å². The van der Waals surface area contributed by atoms with E-state index in [0.29, 0.717) is 13.0 Å². The number of aliphatic hydroxyl groups excluding tert-OH is 1. The fourth-order valence-corrected chi connectivity index (χ4v) is 4.42. The van der Waals surface area contributed by atoms with Crippen molar-refractivity contribution in [1.29, 1.82) is 0 Å². The molecule has 162 valence electrons. The van der Waals surface area contributed by atoms with Crippen molar-refractivity contribution < 1.29 is 23.5 Å². The lowest BCUT2D eigenvalue weighted by Gasteiger charge is -2.34. The zero-order chi connectivity index (χ0) is 21.9. The van der Waals surface area contributed by atoms with Gasteiger partial charge in [0.25, 0.3) is 11.8 Å². The van der Waals surface area contributed by atoms with Crippen molar-refractivity contribution in [3.05, 3.63) is 34.3 Å². The van der Waals surface area contributed by atoms with Crippen molar-refractivity contribution in [2.75, 3.05) is 26.7 Å². The number of carbonyl (C=O) groups is 2. The number of hydrogen-bond donors (Lipinski definition) is 1. The molecule has 0 aromatic heterocycles. The third-order valence-corrected chi connectivity index (χ3v) is 6.66. The SMILES string of the molecule is CN(C(=O)C1=NN=C2CCN(C(=O)C3C=c4c(F)cc(F)cc4=N3)CC21)C1(CO)CC1. The number of amides is 2. The Morgan fingerprint density at radius 1 is 1.29 bits per heavy atom. The normalized spacial score (nSPS) is 25.0. The van der Waals surface area contributed by atoms with Crippen molar-refractivity contribution in [1.82, 2.24) is 9.80 Å². The number of rotatable bonds is 4. The highest BCUT2D eigenvalue weighted by atomic mass is 19.1. The van der Waals surface area contributed by atoms with E-state index in [1.807, 2.05) is 0 Å². The minimum atomic E-state index is -0.936. The lowest BCUT2D eigenvalue weighted by Crippen LogP contribution is -2.52. The van der Waals surface area contributed by atoms with Gasteiger partial charge < -0.3 is 14.9 Å². The van der Waals surface area contributed by atoms with Crippen molar-refractivity contribution in [3.8, 4) is 0 Å². The van der Waals surface area contributed by atoms with Crippen LogP contribution < -0.4 is 10.6 Å². The Balaban J connectivity index is 1.33. The highest BCUT2D eigenvalue weighted by molar-refractivity contribution is 6.44. The minimum Gasteiger partial charge on any atom is -0.394 e. The molecule has 1 saturated carbocycles. The third kappa shape index (κ3) is 3.16. The summed E-state index contributed by atoms with van der Waals surface area (Å²) in [4.78, 5) is 33.3. The predicted octanol–water partition coefficient (Wildman–Crippen LogP) is -0.610. The molecule has 2 atom stereocenters. The van der Waals surface area contributed by atoms with Gasteiger partial charge in [-0.1, -0.05) is 0 Å². The second-order valence-electron chi connectivity index (χ2n) is 8.47. The highest BCUT2D eigenvalue weighted by Crippen LogP contribution is 2.41. The summed E-state index contributed by atoms with van der Waals surface area (Å²) >= 11 is 0. The standard InChI is InChI=1S/C21H21F2N5O3/c1-27(21(10-29)3-4-21)20(31)18-13-9-28(5-2-15(13)25-26-18)19(30)17-8-12-14(23)6-11(22)7-16(12)24-17/h6-8,13,17,29H,2-5,9-10H2,1H3. The van der Waals surface area contributed by atoms with E-state index in [0.717, 1.165) is 30.7 Å². The first-order valence-corrected chi connectivity index (χ1v) is 10.2. The Kier molecular flexibility index (Phi) is 4.51. The lowest BCUT2D eigenvalue weighted by molar-refractivity contribution is -0.132. The van der Waals surface area contributed by atoms with Crippen LogP contribution in [0.1, 0.15) is 19.3 Å². The van der Waals surface area contributed by atoms with E-state index < -0.39 is 29.1 Å². The zero-order valence-electron chi connectivity index (χ0n) is 16.9. The molecule has 0 radical (unpaired) electrons. The van der Waals surface area contributed by atoms with Gasteiger partial charge in [-0.2, -0.15) is 5.10 Å². The summed E-state index contributed by atoms with van der Waals surface area (Å²) in [7, 11) is 1.65. The molecule has 2 fully saturated rings. The first-order valence-electron chi connectivity index (χ1n) is 10.2. The molecule has 2 amide bonds. The molecule has 0 bridgehead atoms. The Labute approximate surface area is 176 Å². The first kappa shape index (κ1) is 19.9. The number of benzene rings is 1. The van der Waals surface area contributed by atoms with E-state index >= 15 is 0 Å². The molecule has 1 aromatic rings. The van der Waals surface area contributed by atoms with Crippen molar-refractivity contribution in [2.45, 2.75) is 30.8 Å². The maximum absolute atomic E-state index is 14.0. The van der Waals surface area contributed by atoms with Gasteiger partial charge in [0.2, 0.25) is 0 Å². The number of piperidine rings is 1. The lowest BCUT2D eigenvalue weighted by atomic mass is 9.90. The van der Waals surface area contributed by atoms with Crippen LogP contribution in [0.3, 0.4) is 0 Å². The Hall–Kier alpha value is -3.01. The average molecular weight is 429 g/mol. The van der Waals surface area contributed by atoms with Crippen molar-refractivity contribution >= 4 is 29.3 Å². The van der Waals surface area contributed by atoms with Crippen LogP contribution in [-0.4, -0.2) is 76.5 Å². The summed E-state index contributed by atoms with van der Waals surface area (Å²) in [5.41, 5.74) is 0.479. The van der Waals surface area contributed by atoms with Crippen LogP contribution in [0.25, 0.3) is 6.08 Å². The molecule has 1 saturated heterocycles. The molecular weight excluding hydrogens is 408 g/mol. The monoisotopic (exact) mass is 429 g/mol. The first-order chi connectivity index (χ1) is 14.8. The van der Waals surface area contributed by atoms with Gasteiger partial charge in [-0.25, -0.2) is 8.78 Å². The molecule has 1 N–H and O–H groups in total. The molecule has 0 spiro atoms. The number of fused-ring (bicyclic) bond motifs is 2. The van der Waals surface area contributed by atoms with E-state index in [1.165, 1.54) is 11.0 Å². The van der Waals surface area contributed by atoms with E-state index in [1.54, 1.807) is 11.9 Å². The van der Waals surface area contributed by atoms with Gasteiger partial charge in [0.05, 0.1) is 29.1 Å². The van der Waals surface area contributed by atoms with Gasteiger partial charge >= 0.3 is 0 Å². The molecule has 1 aliphatic carbocycles. The molecule has 3 heterocycles. The predicted molar refractivity (Wildman–Crippen MR) is 107 cm³/mol. The van der Waals surface area contributed by atoms with Crippen molar-refractivity contribution in [3.63, 3.8) is 0 Å². The fourth-order valence-electron chi connectivity index (χ4n) is 4.42. The topological polar surface area (TPSA) is 97.9 Å². The number of carbonyl (C=O) groups excluding carboxylic acids is 2. The second kappa shape index (κ2) is 7.01. The summed E-state index contributed by atoms with van der Waals surface area (Å²) in [5.74, 6) is -2.55. The van der Waals surface area contributed by atoms with E-state index in [9.17, 15) is 23.5 Å². The largest absolute Gasteiger partial charge is 0.394 e. The Bertz CT molecular complexity index is 1170. The molecule has 5 rings (SSSR count). The van der Waals surface area contributed by atoms with Crippen LogP contribution in [0.2, 0.25) is 0 Å². The van der Waals surface area contributed by atoms with Gasteiger partial charge in [-0.05, 0) is 25.0 Å². The van der Waals surface area contributed by atoms with Crippen LogP contribution in [0, 0.1) is 17.6 Å².